The van der Waals surface area contributed by atoms with Crippen LogP contribution in [0.15, 0.2) is 30.5 Å². The quantitative estimate of drug-likeness (QED) is 0.850. The molecule has 5 nitrogen and oxygen atoms in total. The minimum Gasteiger partial charge on any atom is -0.368 e. The van der Waals surface area contributed by atoms with Crippen LogP contribution in [-0.2, 0) is 16.0 Å². The van der Waals surface area contributed by atoms with Crippen LogP contribution in [0.1, 0.15) is 25.8 Å². The summed E-state index contributed by atoms with van der Waals surface area (Å²) >= 11 is 0. The first-order chi connectivity index (χ1) is 9.99. The molecule has 1 aromatic heterocycles. The number of rotatable bonds is 6. The first-order valence-electron chi connectivity index (χ1n) is 7.12. The number of para-hydroxylation sites is 1. The van der Waals surface area contributed by atoms with E-state index in [0.29, 0.717) is 12.8 Å². The van der Waals surface area contributed by atoms with Crippen molar-refractivity contribution in [3.05, 3.63) is 36.0 Å². The largest absolute Gasteiger partial charge is 0.368 e. The van der Waals surface area contributed by atoms with Crippen molar-refractivity contribution in [2.24, 2.45) is 5.73 Å². The van der Waals surface area contributed by atoms with Gasteiger partial charge in [-0.25, -0.2) is 0 Å². The molecule has 1 aromatic carbocycles. The predicted octanol–water partition coefficient (Wildman–Crippen LogP) is 1.82. The number of benzene rings is 1. The van der Waals surface area contributed by atoms with E-state index in [0.717, 1.165) is 16.5 Å². The van der Waals surface area contributed by atoms with E-state index in [-0.39, 0.29) is 18.5 Å². The van der Waals surface area contributed by atoms with Gasteiger partial charge in [-0.2, -0.15) is 0 Å². The minimum absolute atomic E-state index is 0.0234. The number of aromatic nitrogens is 1. The summed E-state index contributed by atoms with van der Waals surface area (Å²) in [4.78, 5) is 28.0. The highest BCUT2D eigenvalue weighted by molar-refractivity contribution is 5.86. The van der Waals surface area contributed by atoms with Gasteiger partial charge in [0.2, 0.25) is 11.8 Å². The molecule has 5 heteroatoms. The Labute approximate surface area is 124 Å². The predicted molar refractivity (Wildman–Crippen MR) is 82.7 cm³/mol. The van der Waals surface area contributed by atoms with E-state index in [1.807, 2.05) is 44.3 Å². The molecule has 0 saturated heterocycles. The number of amides is 2. The fourth-order valence-electron chi connectivity index (χ4n) is 2.45. The molecule has 0 aliphatic carbocycles. The molecule has 2 rings (SSSR count). The molecule has 0 radical (unpaired) electrons. The van der Waals surface area contributed by atoms with Crippen LogP contribution in [0.4, 0.5) is 0 Å². The minimum atomic E-state index is -0.482. The van der Waals surface area contributed by atoms with E-state index in [1.54, 1.807) is 0 Å². The Hall–Kier alpha value is -2.30. The van der Waals surface area contributed by atoms with Gasteiger partial charge >= 0.3 is 0 Å². The third kappa shape index (κ3) is 3.62. The molecular formula is C16H21N3O2. The van der Waals surface area contributed by atoms with E-state index < -0.39 is 5.91 Å². The summed E-state index contributed by atoms with van der Waals surface area (Å²) in [6, 6.07) is 7.97. The summed E-state index contributed by atoms with van der Waals surface area (Å²) in [5.41, 5.74) is 7.38. The highest BCUT2D eigenvalue weighted by Crippen LogP contribution is 2.19. The van der Waals surface area contributed by atoms with Crippen LogP contribution < -0.4 is 5.73 Å². The molecule has 2 amide bonds. The van der Waals surface area contributed by atoms with Crippen molar-refractivity contribution >= 4 is 22.7 Å². The summed E-state index contributed by atoms with van der Waals surface area (Å²) in [5, 5.41) is 1.14. The van der Waals surface area contributed by atoms with Crippen LogP contribution in [0.25, 0.3) is 10.9 Å². The van der Waals surface area contributed by atoms with E-state index in [9.17, 15) is 9.59 Å². The average Bonchev–Trinajstić information content (AvgIpc) is 2.85. The van der Waals surface area contributed by atoms with Gasteiger partial charge in [0.25, 0.3) is 0 Å². The first-order valence-corrected chi connectivity index (χ1v) is 7.12. The van der Waals surface area contributed by atoms with Gasteiger partial charge in [0.05, 0.1) is 6.54 Å². The monoisotopic (exact) mass is 287 g/mol. The maximum absolute atomic E-state index is 12.3. The Bertz CT molecular complexity index is 646. The molecule has 0 atom stereocenters. The summed E-state index contributed by atoms with van der Waals surface area (Å²) in [6.45, 7) is 3.74. The summed E-state index contributed by atoms with van der Waals surface area (Å²) in [6.07, 6.45) is 2.95. The maximum Gasteiger partial charge on any atom is 0.237 e. The molecule has 112 valence electrons. The Morgan fingerprint density at radius 2 is 2.00 bits per heavy atom. The molecule has 2 aromatic rings. The van der Waals surface area contributed by atoms with Gasteiger partial charge in [-0.05, 0) is 31.9 Å². The van der Waals surface area contributed by atoms with Crippen LogP contribution in [0.5, 0.6) is 0 Å². The highest BCUT2D eigenvalue weighted by Gasteiger charge is 2.19. The lowest BCUT2D eigenvalue weighted by atomic mass is 10.1. The molecule has 0 saturated carbocycles. The van der Waals surface area contributed by atoms with Gasteiger partial charge in [0, 0.05) is 29.6 Å². The summed E-state index contributed by atoms with van der Waals surface area (Å²) in [7, 11) is 0. The molecule has 3 N–H and O–H groups in total. The second-order valence-electron chi connectivity index (χ2n) is 5.44. The van der Waals surface area contributed by atoms with Crippen molar-refractivity contribution in [2.75, 3.05) is 6.54 Å². The Balaban J connectivity index is 2.04. The van der Waals surface area contributed by atoms with Crippen LogP contribution in [0.2, 0.25) is 0 Å². The van der Waals surface area contributed by atoms with Crippen LogP contribution in [-0.4, -0.2) is 34.3 Å². The third-order valence-corrected chi connectivity index (χ3v) is 3.55. The number of nitrogens with one attached hydrogen (secondary N) is 1. The molecule has 0 fully saturated rings. The lowest BCUT2D eigenvalue weighted by Gasteiger charge is -2.25. The second kappa shape index (κ2) is 6.43. The van der Waals surface area contributed by atoms with Crippen molar-refractivity contribution in [1.29, 1.82) is 0 Å². The number of primary amides is 1. The van der Waals surface area contributed by atoms with Gasteiger partial charge in [-0.1, -0.05) is 18.2 Å². The molecule has 0 bridgehead atoms. The van der Waals surface area contributed by atoms with Crippen molar-refractivity contribution in [2.45, 2.75) is 32.7 Å². The van der Waals surface area contributed by atoms with Gasteiger partial charge < -0.3 is 15.6 Å². The van der Waals surface area contributed by atoms with Crippen molar-refractivity contribution in [1.82, 2.24) is 9.88 Å². The standard InChI is InChI=1S/C16H21N3O2/c1-11(2)19(10-15(17)20)16(21)8-7-12-9-18-14-6-4-3-5-13(12)14/h3-6,9,11,18H,7-8,10H2,1-2H3,(H2,17,20). The lowest BCUT2D eigenvalue weighted by molar-refractivity contribution is -0.136. The summed E-state index contributed by atoms with van der Waals surface area (Å²) < 4.78 is 0. The maximum atomic E-state index is 12.3. The van der Waals surface area contributed by atoms with E-state index >= 15 is 0 Å². The van der Waals surface area contributed by atoms with E-state index in [1.165, 1.54) is 4.90 Å². The zero-order valence-corrected chi connectivity index (χ0v) is 12.4. The number of hydrogen-bond donors (Lipinski definition) is 2. The van der Waals surface area contributed by atoms with Crippen molar-refractivity contribution in [3.8, 4) is 0 Å². The molecule has 0 aliphatic heterocycles. The van der Waals surface area contributed by atoms with Gasteiger partial charge in [0.1, 0.15) is 0 Å². The molecule has 0 spiro atoms. The van der Waals surface area contributed by atoms with E-state index in [4.69, 9.17) is 5.73 Å². The zero-order valence-electron chi connectivity index (χ0n) is 12.4. The molecule has 0 aliphatic rings. The number of carbonyl (C=O) groups is 2. The number of H-pyrrole nitrogens is 1. The molecular weight excluding hydrogens is 266 g/mol. The SMILES string of the molecule is CC(C)N(CC(N)=O)C(=O)CCc1c[nH]c2ccccc12. The Morgan fingerprint density at radius 1 is 1.29 bits per heavy atom. The second-order valence-corrected chi connectivity index (χ2v) is 5.44. The third-order valence-electron chi connectivity index (χ3n) is 3.55. The van der Waals surface area contributed by atoms with Gasteiger partial charge in [-0.3, -0.25) is 9.59 Å². The zero-order chi connectivity index (χ0) is 15.4. The topological polar surface area (TPSA) is 79.2 Å². The highest BCUT2D eigenvalue weighted by atomic mass is 16.2. The summed E-state index contributed by atoms with van der Waals surface area (Å²) in [5.74, 6) is -0.529. The van der Waals surface area contributed by atoms with Crippen molar-refractivity contribution < 1.29 is 9.59 Å². The Kier molecular flexibility index (Phi) is 4.62. The number of nitrogens with two attached hydrogens (primary N) is 1. The average molecular weight is 287 g/mol. The Morgan fingerprint density at radius 3 is 2.67 bits per heavy atom. The van der Waals surface area contributed by atoms with Crippen LogP contribution >= 0.6 is 0 Å². The van der Waals surface area contributed by atoms with Crippen LogP contribution in [0.3, 0.4) is 0 Å². The van der Waals surface area contributed by atoms with Crippen LogP contribution in [0, 0.1) is 0 Å². The van der Waals surface area contributed by atoms with Gasteiger partial charge in [-0.15, -0.1) is 0 Å². The molecule has 0 unspecified atom stereocenters. The fraction of sp³-hybridized carbons (Fsp3) is 0.375. The number of hydrogen-bond acceptors (Lipinski definition) is 2. The van der Waals surface area contributed by atoms with Crippen molar-refractivity contribution in [3.63, 3.8) is 0 Å². The molecule has 21 heavy (non-hydrogen) atoms. The first kappa shape index (κ1) is 15.1. The number of aromatic amines is 1. The smallest absolute Gasteiger partial charge is 0.237 e. The number of fused-ring (bicyclic) bond motifs is 1. The number of carbonyl (C=O) groups excluding carboxylic acids is 2. The fourth-order valence-corrected chi connectivity index (χ4v) is 2.45. The lowest BCUT2D eigenvalue weighted by Crippen LogP contribution is -2.42. The number of aryl methyl sites for hydroxylation is 1. The van der Waals surface area contributed by atoms with E-state index in [2.05, 4.69) is 4.98 Å². The normalized spacial score (nSPS) is 11.0. The molecule has 1 heterocycles. The van der Waals surface area contributed by atoms with Gasteiger partial charge in [0.15, 0.2) is 0 Å². The number of nitrogens with zero attached hydrogens (tertiary/aromatic N) is 1.